The molecule has 5 rings (SSSR count). The van der Waals surface area contributed by atoms with Crippen LogP contribution in [0, 0.1) is 29.1 Å². The summed E-state index contributed by atoms with van der Waals surface area (Å²) in [6.45, 7) is 2.11. The molecule has 1 nitrogen and oxygen atoms in total. The van der Waals surface area contributed by atoms with Crippen molar-refractivity contribution in [3.8, 4) is 39.1 Å². The fourth-order valence-electron chi connectivity index (χ4n) is 4.96. The molecule has 5 aromatic rings. The van der Waals surface area contributed by atoms with Gasteiger partial charge in [0.25, 0.3) is 0 Å². The Morgan fingerprint density at radius 3 is 1.80 bits per heavy atom. The fourth-order valence-corrected chi connectivity index (χ4v) is 4.96. The predicted octanol–water partition coefficient (Wildman–Crippen LogP) is 11.2. The monoisotopic (exact) mass is 608 g/mol. The summed E-state index contributed by atoms with van der Waals surface area (Å²) >= 11 is 0. The Balaban J connectivity index is 1.33. The first kappa shape index (κ1) is 30.9. The molecule has 0 spiro atoms. The molecule has 44 heavy (non-hydrogen) atoms. The van der Waals surface area contributed by atoms with Crippen LogP contribution in [0.1, 0.15) is 37.3 Å². The van der Waals surface area contributed by atoms with Gasteiger partial charge in [-0.2, -0.15) is 8.78 Å². The summed E-state index contributed by atoms with van der Waals surface area (Å²) < 4.78 is 105. The Bertz CT molecular complexity index is 1740. The third-order valence-corrected chi connectivity index (χ3v) is 7.32. The standard InChI is InChI=1S/C36H27F7O/c1-2-3-4-5-22-6-16-29(31(38)18-22)24-9-7-23(8-10-24)26-19-33(40)35(34(41)20-26)25-11-13-27(14-12-25)36(42,43)44-28-15-17-30(37)32(39)21-28/h6-21H,2-5H2,1H3. The van der Waals surface area contributed by atoms with E-state index in [1.165, 1.54) is 6.07 Å². The number of benzene rings is 5. The molecular weight excluding hydrogens is 581 g/mol. The Morgan fingerprint density at radius 1 is 0.545 bits per heavy atom. The fraction of sp³-hybridized carbons (Fsp3) is 0.167. The van der Waals surface area contributed by atoms with E-state index in [2.05, 4.69) is 11.7 Å². The highest BCUT2D eigenvalue weighted by molar-refractivity contribution is 5.74. The van der Waals surface area contributed by atoms with Crippen molar-refractivity contribution in [1.29, 1.82) is 0 Å². The van der Waals surface area contributed by atoms with Crippen LogP contribution in [-0.4, -0.2) is 0 Å². The molecular formula is C36H27F7O. The van der Waals surface area contributed by atoms with Crippen molar-refractivity contribution in [3.05, 3.63) is 137 Å². The Morgan fingerprint density at radius 2 is 1.18 bits per heavy atom. The molecule has 0 unspecified atom stereocenters. The number of unbranched alkanes of at least 4 members (excludes halogenated alkanes) is 2. The average Bonchev–Trinajstić information content (AvgIpc) is 2.99. The van der Waals surface area contributed by atoms with Crippen molar-refractivity contribution in [2.45, 2.75) is 38.7 Å². The summed E-state index contributed by atoms with van der Waals surface area (Å²) in [7, 11) is 0. The predicted molar refractivity (Wildman–Crippen MR) is 157 cm³/mol. The van der Waals surface area contributed by atoms with E-state index in [9.17, 15) is 22.0 Å². The third-order valence-electron chi connectivity index (χ3n) is 7.32. The van der Waals surface area contributed by atoms with E-state index >= 15 is 8.78 Å². The smallest absolute Gasteiger partial charge is 0.426 e. The van der Waals surface area contributed by atoms with Gasteiger partial charge in [0, 0.05) is 11.6 Å². The number of ether oxygens (including phenoxy) is 1. The number of hydrogen-bond donors (Lipinski definition) is 0. The molecule has 0 N–H and O–H groups in total. The van der Waals surface area contributed by atoms with Crippen LogP contribution in [-0.2, 0) is 12.5 Å². The summed E-state index contributed by atoms with van der Waals surface area (Å²) in [6, 6.07) is 20.1. The van der Waals surface area contributed by atoms with Gasteiger partial charge in [-0.15, -0.1) is 0 Å². The van der Waals surface area contributed by atoms with Gasteiger partial charge in [0.2, 0.25) is 0 Å². The van der Waals surface area contributed by atoms with Gasteiger partial charge in [0.1, 0.15) is 23.2 Å². The summed E-state index contributed by atoms with van der Waals surface area (Å²) in [5.41, 5.74) is 1.64. The van der Waals surface area contributed by atoms with E-state index < -0.39 is 46.3 Å². The molecule has 5 aromatic carbocycles. The van der Waals surface area contributed by atoms with Gasteiger partial charge in [-0.25, -0.2) is 22.0 Å². The lowest BCUT2D eigenvalue weighted by Crippen LogP contribution is -2.21. The molecule has 0 saturated carbocycles. The van der Waals surface area contributed by atoms with Crippen LogP contribution in [0.2, 0.25) is 0 Å². The lowest BCUT2D eigenvalue weighted by atomic mass is 9.96. The van der Waals surface area contributed by atoms with Gasteiger partial charge in [0.15, 0.2) is 11.6 Å². The van der Waals surface area contributed by atoms with E-state index in [4.69, 9.17) is 0 Å². The molecule has 0 heterocycles. The van der Waals surface area contributed by atoms with Gasteiger partial charge < -0.3 is 4.74 Å². The first-order valence-electron chi connectivity index (χ1n) is 14.1. The van der Waals surface area contributed by atoms with Gasteiger partial charge in [-0.1, -0.05) is 68.3 Å². The maximum Gasteiger partial charge on any atom is 0.426 e. The zero-order valence-corrected chi connectivity index (χ0v) is 23.6. The largest absolute Gasteiger partial charge is 0.429 e. The van der Waals surface area contributed by atoms with Gasteiger partial charge in [-0.05, 0) is 83.1 Å². The number of aryl methyl sites for hydroxylation is 1. The highest BCUT2D eigenvalue weighted by atomic mass is 19.3. The van der Waals surface area contributed by atoms with Gasteiger partial charge in [0.05, 0.1) is 11.1 Å². The first-order chi connectivity index (χ1) is 21.1. The van der Waals surface area contributed by atoms with E-state index in [-0.39, 0.29) is 16.9 Å². The highest BCUT2D eigenvalue weighted by Crippen LogP contribution is 2.36. The second kappa shape index (κ2) is 13.0. The molecule has 0 radical (unpaired) electrons. The van der Waals surface area contributed by atoms with Crippen molar-refractivity contribution < 1.29 is 35.5 Å². The Labute approximate surface area is 250 Å². The van der Waals surface area contributed by atoms with Crippen LogP contribution in [0.25, 0.3) is 33.4 Å². The van der Waals surface area contributed by atoms with Crippen molar-refractivity contribution in [3.63, 3.8) is 0 Å². The van der Waals surface area contributed by atoms with Gasteiger partial charge >= 0.3 is 6.11 Å². The van der Waals surface area contributed by atoms with E-state index in [0.717, 1.165) is 73.7 Å². The van der Waals surface area contributed by atoms with Crippen molar-refractivity contribution >= 4 is 0 Å². The van der Waals surface area contributed by atoms with Crippen molar-refractivity contribution in [2.24, 2.45) is 0 Å². The van der Waals surface area contributed by atoms with Crippen LogP contribution in [0.3, 0.4) is 0 Å². The van der Waals surface area contributed by atoms with Crippen molar-refractivity contribution in [2.75, 3.05) is 0 Å². The lowest BCUT2D eigenvalue weighted by molar-refractivity contribution is -0.185. The minimum Gasteiger partial charge on any atom is -0.429 e. The topological polar surface area (TPSA) is 9.23 Å². The summed E-state index contributed by atoms with van der Waals surface area (Å²) in [5.74, 6) is -5.33. The van der Waals surface area contributed by atoms with E-state index in [0.29, 0.717) is 28.8 Å². The van der Waals surface area contributed by atoms with Crippen LogP contribution in [0.5, 0.6) is 5.75 Å². The lowest BCUT2D eigenvalue weighted by Gasteiger charge is -2.19. The molecule has 0 aliphatic rings. The van der Waals surface area contributed by atoms with Crippen LogP contribution >= 0.6 is 0 Å². The quantitative estimate of drug-likeness (QED) is 0.113. The number of halogens is 7. The molecule has 0 aliphatic heterocycles. The molecule has 0 fully saturated rings. The maximum absolute atomic E-state index is 15.2. The van der Waals surface area contributed by atoms with Crippen molar-refractivity contribution in [1.82, 2.24) is 0 Å². The van der Waals surface area contributed by atoms with Crippen LogP contribution < -0.4 is 4.74 Å². The number of rotatable bonds is 10. The van der Waals surface area contributed by atoms with E-state index in [1.54, 1.807) is 30.3 Å². The normalized spacial score (nSPS) is 11.5. The summed E-state index contributed by atoms with van der Waals surface area (Å²) in [5, 5.41) is 0. The zero-order chi connectivity index (χ0) is 31.4. The first-order valence-corrected chi connectivity index (χ1v) is 14.1. The van der Waals surface area contributed by atoms with E-state index in [1.807, 2.05) is 6.07 Å². The second-order valence-electron chi connectivity index (χ2n) is 10.4. The summed E-state index contributed by atoms with van der Waals surface area (Å²) in [6.07, 6.45) is 0.0310. The molecule has 0 saturated heterocycles. The average molecular weight is 609 g/mol. The summed E-state index contributed by atoms with van der Waals surface area (Å²) in [4.78, 5) is 0. The van der Waals surface area contributed by atoms with Crippen LogP contribution in [0.4, 0.5) is 30.7 Å². The molecule has 8 heteroatoms. The Hall–Kier alpha value is -4.59. The maximum atomic E-state index is 15.2. The number of alkyl halides is 2. The SMILES string of the molecule is CCCCCc1ccc(-c2ccc(-c3cc(F)c(-c4ccc(C(F)(F)Oc5ccc(F)c(F)c5)cc4)c(F)c3)cc2)c(F)c1. The molecule has 0 atom stereocenters. The zero-order valence-electron chi connectivity index (χ0n) is 23.6. The molecule has 0 bridgehead atoms. The molecule has 226 valence electrons. The minimum atomic E-state index is -3.94. The second-order valence-corrected chi connectivity index (χ2v) is 10.4. The molecule has 0 amide bonds. The molecule has 0 aromatic heterocycles. The minimum absolute atomic E-state index is 0.00268. The third kappa shape index (κ3) is 6.80. The Kier molecular flexibility index (Phi) is 9.09. The van der Waals surface area contributed by atoms with Gasteiger partial charge in [-0.3, -0.25) is 0 Å². The number of hydrogen-bond acceptors (Lipinski definition) is 1. The molecule has 0 aliphatic carbocycles. The highest BCUT2D eigenvalue weighted by Gasteiger charge is 2.35. The van der Waals surface area contributed by atoms with Crippen LogP contribution in [0.15, 0.2) is 97.1 Å².